The second kappa shape index (κ2) is 3.86. The highest BCUT2D eigenvalue weighted by Gasteiger charge is 2.49. The van der Waals surface area contributed by atoms with Crippen LogP contribution in [0.15, 0.2) is 18.6 Å². The molecule has 0 aliphatic carbocycles. The van der Waals surface area contributed by atoms with E-state index in [0.717, 1.165) is 0 Å². The number of rotatable bonds is 1. The number of amides is 3. The average Bonchev–Trinajstić information content (AvgIpc) is 2.93. The van der Waals surface area contributed by atoms with Crippen LogP contribution in [0.25, 0.3) is 0 Å². The maximum atomic E-state index is 12.1. The zero-order valence-corrected chi connectivity index (χ0v) is 9.37. The van der Waals surface area contributed by atoms with E-state index in [0.29, 0.717) is 0 Å². The van der Waals surface area contributed by atoms with E-state index in [4.69, 9.17) is 0 Å². The van der Waals surface area contributed by atoms with Gasteiger partial charge in [-0.2, -0.15) is 0 Å². The predicted molar refractivity (Wildman–Crippen MR) is 58.1 cm³/mol. The van der Waals surface area contributed by atoms with E-state index in [1.165, 1.54) is 23.5 Å². The molecule has 3 heterocycles. The summed E-state index contributed by atoms with van der Waals surface area (Å²) in [5.41, 5.74) is 0.227. The summed E-state index contributed by atoms with van der Waals surface area (Å²) in [4.78, 5) is 44.2. The minimum absolute atomic E-state index is 0.227. The van der Waals surface area contributed by atoms with Gasteiger partial charge in [-0.05, 0) is 0 Å². The van der Waals surface area contributed by atoms with Gasteiger partial charge in [-0.1, -0.05) is 0 Å². The van der Waals surface area contributed by atoms with Crippen LogP contribution in [0.2, 0.25) is 0 Å². The van der Waals surface area contributed by atoms with Gasteiger partial charge in [0.05, 0.1) is 18.0 Å². The summed E-state index contributed by atoms with van der Waals surface area (Å²) in [6.45, 7) is 0.523. The van der Waals surface area contributed by atoms with Gasteiger partial charge in [0.25, 0.3) is 5.91 Å². The number of nitrogens with zero attached hydrogens (tertiary/aromatic N) is 3. The molecule has 1 aromatic heterocycles. The Bertz CT molecular complexity index is 508. The third kappa shape index (κ3) is 1.55. The molecular formula is C11H10N4O3. The summed E-state index contributed by atoms with van der Waals surface area (Å²) >= 11 is 0. The van der Waals surface area contributed by atoms with Gasteiger partial charge in [0.15, 0.2) is 0 Å². The Morgan fingerprint density at radius 1 is 1.22 bits per heavy atom. The molecule has 3 amide bonds. The van der Waals surface area contributed by atoms with Crippen LogP contribution in [-0.4, -0.2) is 45.7 Å². The Morgan fingerprint density at radius 3 is 2.44 bits per heavy atom. The maximum absolute atomic E-state index is 12.1. The van der Waals surface area contributed by atoms with Crippen molar-refractivity contribution in [1.82, 2.24) is 20.2 Å². The van der Waals surface area contributed by atoms with Crippen LogP contribution < -0.4 is 5.32 Å². The molecule has 0 saturated carbocycles. The Balaban J connectivity index is 1.79. The van der Waals surface area contributed by atoms with Crippen molar-refractivity contribution >= 4 is 17.7 Å². The van der Waals surface area contributed by atoms with Crippen LogP contribution in [0.4, 0.5) is 0 Å². The second-order valence-corrected chi connectivity index (χ2v) is 4.37. The van der Waals surface area contributed by atoms with Crippen molar-refractivity contribution in [3.63, 3.8) is 0 Å². The summed E-state index contributed by atoms with van der Waals surface area (Å²) in [6, 6.07) is 0. The van der Waals surface area contributed by atoms with E-state index >= 15 is 0 Å². The van der Waals surface area contributed by atoms with Crippen molar-refractivity contribution in [2.45, 2.75) is 0 Å². The standard InChI is InChI=1S/C11H10N4O3/c16-9-6-4-15(5-7(6)10(17)14-9)11(18)8-3-12-1-2-13-8/h1-3,6-7H,4-5H2,(H,14,16,17)/t6-,7+. The first kappa shape index (κ1) is 10.8. The van der Waals surface area contributed by atoms with E-state index in [2.05, 4.69) is 15.3 Å². The molecule has 1 aromatic rings. The molecule has 18 heavy (non-hydrogen) atoms. The largest absolute Gasteiger partial charge is 0.336 e. The van der Waals surface area contributed by atoms with E-state index in [-0.39, 0.29) is 36.5 Å². The first-order valence-electron chi connectivity index (χ1n) is 5.57. The Hall–Kier alpha value is -2.31. The number of hydrogen-bond acceptors (Lipinski definition) is 5. The number of fused-ring (bicyclic) bond motifs is 1. The number of likely N-dealkylation sites (tertiary alicyclic amines) is 1. The van der Waals surface area contributed by atoms with Gasteiger partial charge >= 0.3 is 0 Å². The molecule has 1 N–H and O–H groups in total. The Labute approximate surface area is 102 Å². The van der Waals surface area contributed by atoms with Gasteiger partial charge in [-0.3, -0.25) is 24.7 Å². The molecule has 2 aliphatic rings. The quantitative estimate of drug-likeness (QED) is 0.630. The highest BCUT2D eigenvalue weighted by Crippen LogP contribution is 2.28. The topological polar surface area (TPSA) is 92.3 Å². The number of aromatic nitrogens is 2. The van der Waals surface area contributed by atoms with Crippen molar-refractivity contribution in [3.05, 3.63) is 24.3 Å². The fourth-order valence-corrected chi connectivity index (χ4v) is 2.38. The molecular weight excluding hydrogens is 236 g/mol. The summed E-state index contributed by atoms with van der Waals surface area (Å²) in [7, 11) is 0. The molecule has 92 valence electrons. The van der Waals surface area contributed by atoms with Crippen LogP contribution in [0, 0.1) is 11.8 Å². The number of carbonyl (C=O) groups is 3. The second-order valence-electron chi connectivity index (χ2n) is 4.37. The van der Waals surface area contributed by atoms with Gasteiger partial charge < -0.3 is 4.90 Å². The summed E-state index contributed by atoms with van der Waals surface area (Å²) in [5.74, 6) is -1.71. The van der Waals surface area contributed by atoms with E-state index in [1.807, 2.05) is 0 Å². The highest BCUT2D eigenvalue weighted by atomic mass is 16.2. The molecule has 0 bridgehead atoms. The molecule has 2 aliphatic heterocycles. The number of imide groups is 1. The molecule has 0 unspecified atom stereocenters. The molecule has 2 fully saturated rings. The Kier molecular flexibility index (Phi) is 2.32. The summed E-state index contributed by atoms with van der Waals surface area (Å²) in [6.07, 6.45) is 4.28. The van der Waals surface area contributed by atoms with E-state index < -0.39 is 11.8 Å². The Morgan fingerprint density at radius 2 is 1.89 bits per heavy atom. The molecule has 3 rings (SSSR count). The number of nitrogens with one attached hydrogen (secondary N) is 1. The SMILES string of the molecule is O=C1NC(=O)[C@@H]2CN(C(=O)c3cnccn3)C[C@H]12. The zero-order chi connectivity index (χ0) is 12.7. The molecule has 2 atom stereocenters. The monoisotopic (exact) mass is 246 g/mol. The van der Waals surface area contributed by atoms with Crippen molar-refractivity contribution < 1.29 is 14.4 Å². The third-order valence-electron chi connectivity index (χ3n) is 3.31. The van der Waals surface area contributed by atoms with Crippen LogP contribution >= 0.6 is 0 Å². The zero-order valence-electron chi connectivity index (χ0n) is 9.37. The first-order chi connectivity index (χ1) is 8.66. The lowest BCUT2D eigenvalue weighted by molar-refractivity contribution is -0.126. The fourth-order valence-electron chi connectivity index (χ4n) is 2.38. The normalized spacial score (nSPS) is 26.1. The summed E-state index contributed by atoms with van der Waals surface area (Å²) < 4.78 is 0. The average molecular weight is 246 g/mol. The van der Waals surface area contributed by atoms with Gasteiger partial charge in [0, 0.05) is 25.5 Å². The highest BCUT2D eigenvalue weighted by molar-refractivity contribution is 6.06. The predicted octanol–water partition coefficient (Wildman–Crippen LogP) is -1.18. The minimum Gasteiger partial charge on any atom is -0.336 e. The fraction of sp³-hybridized carbons (Fsp3) is 0.364. The summed E-state index contributed by atoms with van der Waals surface area (Å²) in [5, 5.41) is 2.27. The molecule has 7 heteroatoms. The van der Waals surface area contributed by atoms with Crippen LogP contribution in [0.1, 0.15) is 10.5 Å². The maximum Gasteiger partial charge on any atom is 0.274 e. The lowest BCUT2D eigenvalue weighted by Gasteiger charge is -2.15. The van der Waals surface area contributed by atoms with Crippen molar-refractivity contribution in [2.75, 3.05) is 13.1 Å². The van der Waals surface area contributed by atoms with Crippen LogP contribution in [-0.2, 0) is 9.59 Å². The van der Waals surface area contributed by atoms with Crippen LogP contribution in [0.3, 0.4) is 0 Å². The minimum atomic E-state index is -0.418. The molecule has 0 aromatic carbocycles. The third-order valence-corrected chi connectivity index (χ3v) is 3.31. The van der Waals surface area contributed by atoms with Crippen molar-refractivity contribution in [1.29, 1.82) is 0 Å². The van der Waals surface area contributed by atoms with Crippen LogP contribution in [0.5, 0.6) is 0 Å². The lowest BCUT2D eigenvalue weighted by atomic mass is 10.00. The molecule has 0 radical (unpaired) electrons. The number of carbonyl (C=O) groups excluding carboxylic acids is 3. The van der Waals surface area contributed by atoms with Gasteiger partial charge in [0.2, 0.25) is 11.8 Å². The van der Waals surface area contributed by atoms with Gasteiger partial charge in [-0.25, -0.2) is 4.98 Å². The van der Waals surface area contributed by atoms with Gasteiger partial charge in [0.1, 0.15) is 5.69 Å². The van der Waals surface area contributed by atoms with Gasteiger partial charge in [-0.15, -0.1) is 0 Å². The van der Waals surface area contributed by atoms with Crippen molar-refractivity contribution in [3.8, 4) is 0 Å². The number of hydrogen-bond donors (Lipinski definition) is 1. The van der Waals surface area contributed by atoms with E-state index in [9.17, 15) is 14.4 Å². The van der Waals surface area contributed by atoms with E-state index in [1.54, 1.807) is 0 Å². The lowest BCUT2D eigenvalue weighted by Crippen LogP contribution is -2.35. The molecule has 0 spiro atoms. The molecule has 7 nitrogen and oxygen atoms in total. The molecule has 2 saturated heterocycles. The first-order valence-corrected chi connectivity index (χ1v) is 5.57. The smallest absolute Gasteiger partial charge is 0.274 e. The van der Waals surface area contributed by atoms with Crippen molar-refractivity contribution in [2.24, 2.45) is 11.8 Å².